The lowest BCUT2D eigenvalue weighted by Gasteiger charge is -2.03. The molecular formula is C11H13NO2. The van der Waals surface area contributed by atoms with E-state index in [4.69, 9.17) is 0 Å². The number of rotatable bonds is 4. The van der Waals surface area contributed by atoms with Gasteiger partial charge >= 0.3 is 0 Å². The van der Waals surface area contributed by atoms with E-state index in [0.29, 0.717) is 0 Å². The Labute approximate surface area is 83.2 Å². The third-order valence-corrected chi connectivity index (χ3v) is 2.15. The van der Waals surface area contributed by atoms with Crippen LogP contribution >= 0.6 is 0 Å². The molecule has 3 nitrogen and oxygen atoms in total. The summed E-state index contributed by atoms with van der Waals surface area (Å²) in [6.07, 6.45) is 3.65. The van der Waals surface area contributed by atoms with Crippen molar-refractivity contribution >= 4 is 5.69 Å². The molecule has 0 aliphatic heterocycles. The highest BCUT2D eigenvalue weighted by atomic mass is 16.6. The third kappa shape index (κ3) is 2.42. The molecule has 0 saturated heterocycles. The molecule has 0 fully saturated rings. The number of allylic oxidation sites excluding steroid dienone is 1. The zero-order valence-corrected chi connectivity index (χ0v) is 8.19. The Bertz CT molecular complexity index is 358. The first kappa shape index (κ1) is 10.4. The van der Waals surface area contributed by atoms with Crippen molar-refractivity contribution in [2.24, 2.45) is 0 Å². The number of hydrogen-bond donors (Lipinski definition) is 0. The average molecular weight is 191 g/mol. The van der Waals surface area contributed by atoms with Crippen LogP contribution in [0.4, 0.5) is 5.69 Å². The van der Waals surface area contributed by atoms with Gasteiger partial charge in [0.1, 0.15) is 0 Å². The Morgan fingerprint density at radius 2 is 2.29 bits per heavy atom. The zero-order valence-electron chi connectivity index (χ0n) is 8.19. The lowest BCUT2D eigenvalue weighted by Crippen LogP contribution is -1.92. The molecule has 0 bridgehead atoms. The summed E-state index contributed by atoms with van der Waals surface area (Å²) in [5, 5.41) is 10.5. The summed E-state index contributed by atoms with van der Waals surface area (Å²) in [7, 11) is 0. The minimum absolute atomic E-state index is 0.157. The van der Waals surface area contributed by atoms with Crippen molar-refractivity contribution in [3.63, 3.8) is 0 Å². The maximum atomic E-state index is 10.5. The molecule has 14 heavy (non-hydrogen) atoms. The highest BCUT2D eigenvalue weighted by molar-refractivity contribution is 5.39. The largest absolute Gasteiger partial charge is 0.269 e. The Balaban J connectivity index is 2.89. The van der Waals surface area contributed by atoms with Gasteiger partial charge in [-0.05, 0) is 30.9 Å². The molecule has 1 aromatic carbocycles. The Kier molecular flexibility index (Phi) is 3.40. The van der Waals surface area contributed by atoms with Crippen molar-refractivity contribution in [3.05, 3.63) is 52.1 Å². The van der Waals surface area contributed by atoms with E-state index in [1.54, 1.807) is 12.1 Å². The molecule has 0 atom stereocenters. The van der Waals surface area contributed by atoms with E-state index < -0.39 is 0 Å². The Hall–Kier alpha value is -1.64. The minimum Gasteiger partial charge on any atom is -0.258 e. The molecule has 3 heteroatoms. The molecule has 0 aliphatic carbocycles. The average Bonchev–Trinajstić information content (AvgIpc) is 2.15. The second-order valence-electron chi connectivity index (χ2n) is 3.20. The lowest BCUT2D eigenvalue weighted by atomic mass is 10.0. The summed E-state index contributed by atoms with van der Waals surface area (Å²) in [6, 6.07) is 4.97. The zero-order chi connectivity index (χ0) is 10.6. The first-order chi connectivity index (χ1) is 6.65. The maximum absolute atomic E-state index is 10.5. The number of nitro benzene ring substituents is 1. The highest BCUT2D eigenvalue weighted by Gasteiger charge is 2.06. The summed E-state index contributed by atoms with van der Waals surface area (Å²) in [4.78, 5) is 10.1. The predicted molar refractivity (Wildman–Crippen MR) is 56.4 cm³/mol. The maximum Gasteiger partial charge on any atom is 0.269 e. The summed E-state index contributed by atoms with van der Waals surface area (Å²) in [5.74, 6) is 0. The normalized spacial score (nSPS) is 9.79. The molecular weight excluding hydrogens is 178 g/mol. The minimum atomic E-state index is -0.371. The Morgan fingerprint density at radius 1 is 1.57 bits per heavy atom. The topological polar surface area (TPSA) is 43.1 Å². The lowest BCUT2D eigenvalue weighted by molar-refractivity contribution is -0.384. The van der Waals surface area contributed by atoms with Crippen molar-refractivity contribution in [3.8, 4) is 0 Å². The van der Waals surface area contributed by atoms with Gasteiger partial charge in [0.25, 0.3) is 5.69 Å². The second-order valence-corrected chi connectivity index (χ2v) is 3.20. The first-order valence-electron chi connectivity index (χ1n) is 4.50. The first-order valence-corrected chi connectivity index (χ1v) is 4.50. The summed E-state index contributed by atoms with van der Waals surface area (Å²) < 4.78 is 0. The number of benzene rings is 1. The van der Waals surface area contributed by atoms with Crippen LogP contribution in [0.25, 0.3) is 0 Å². The molecule has 0 spiro atoms. The highest BCUT2D eigenvalue weighted by Crippen LogP contribution is 2.18. The summed E-state index contributed by atoms with van der Waals surface area (Å²) >= 11 is 0. The molecule has 0 amide bonds. The fourth-order valence-electron chi connectivity index (χ4n) is 1.33. The molecule has 74 valence electrons. The molecule has 0 radical (unpaired) electrons. The van der Waals surface area contributed by atoms with Gasteiger partial charge < -0.3 is 0 Å². The van der Waals surface area contributed by atoms with Crippen LogP contribution in [0.5, 0.6) is 0 Å². The van der Waals surface area contributed by atoms with E-state index in [9.17, 15) is 10.1 Å². The van der Waals surface area contributed by atoms with E-state index in [0.717, 1.165) is 24.0 Å². The van der Waals surface area contributed by atoms with E-state index in [1.165, 1.54) is 0 Å². The van der Waals surface area contributed by atoms with Crippen molar-refractivity contribution in [1.29, 1.82) is 0 Å². The number of non-ortho nitro benzene ring substituents is 1. The SMILES string of the molecule is C=CCCc1ccc([N+](=O)[O-])cc1C. The van der Waals surface area contributed by atoms with Gasteiger partial charge in [-0.15, -0.1) is 6.58 Å². The molecule has 0 N–H and O–H groups in total. The fraction of sp³-hybridized carbons (Fsp3) is 0.273. The molecule has 0 heterocycles. The molecule has 0 saturated carbocycles. The van der Waals surface area contributed by atoms with Gasteiger partial charge in [0.2, 0.25) is 0 Å². The van der Waals surface area contributed by atoms with E-state index in [1.807, 2.05) is 19.1 Å². The van der Waals surface area contributed by atoms with E-state index in [2.05, 4.69) is 6.58 Å². The summed E-state index contributed by atoms with van der Waals surface area (Å²) in [5.41, 5.74) is 2.28. The molecule has 1 aromatic rings. The van der Waals surface area contributed by atoms with Crippen molar-refractivity contribution in [2.45, 2.75) is 19.8 Å². The van der Waals surface area contributed by atoms with Crippen LogP contribution in [0, 0.1) is 17.0 Å². The van der Waals surface area contributed by atoms with Gasteiger partial charge in [-0.2, -0.15) is 0 Å². The van der Waals surface area contributed by atoms with Crippen molar-refractivity contribution < 1.29 is 4.92 Å². The van der Waals surface area contributed by atoms with E-state index >= 15 is 0 Å². The summed E-state index contributed by atoms with van der Waals surface area (Å²) in [6.45, 7) is 5.54. The van der Waals surface area contributed by atoms with Gasteiger partial charge in [0.05, 0.1) is 4.92 Å². The molecule has 0 aliphatic rings. The second kappa shape index (κ2) is 4.56. The fourth-order valence-corrected chi connectivity index (χ4v) is 1.33. The van der Waals surface area contributed by atoms with Crippen LogP contribution in [0.1, 0.15) is 17.5 Å². The van der Waals surface area contributed by atoms with Gasteiger partial charge in [-0.3, -0.25) is 10.1 Å². The number of hydrogen-bond acceptors (Lipinski definition) is 2. The molecule has 1 rings (SSSR count). The number of nitro groups is 1. The standard InChI is InChI=1S/C11H13NO2/c1-3-4-5-10-6-7-11(12(13)14)8-9(10)2/h3,6-8H,1,4-5H2,2H3. The number of nitrogens with zero attached hydrogens (tertiary/aromatic N) is 1. The monoisotopic (exact) mass is 191 g/mol. The van der Waals surface area contributed by atoms with Crippen molar-refractivity contribution in [1.82, 2.24) is 0 Å². The van der Waals surface area contributed by atoms with Gasteiger partial charge in [-0.25, -0.2) is 0 Å². The van der Waals surface area contributed by atoms with Crippen LogP contribution in [-0.2, 0) is 6.42 Å². The van der Waals surface area contributed by atoms with E-state index in [-0.39, 0.29) is 10.6 Å². The van der Waals surface area contributed by atoms with Gasteiger partial charge in [0, 0.05) is 12.1 Å². The van der Waals surface area contributed by atoms with Crippen LogP contribution in [0.3, 0.4) is 0 Å². The number of aryl methyl sites for hydroxylation is 2. The van der Waals surface area contributed by atoms with Crippen LogP contribution < -0.4 is 0 Å². The molecule has 0 aromatic heterocycles. The van der Waals surface area contributed by atoms with Crippen LogP contribution in [0.15, 0.2) is 30.9 Å². The predicted octanol–water partition coefficient (Wildman–Crippen LogP) is 3.02. The van der Waals surface area contributed by atoms with Gasteiger partial charge in [-0.1, -0.05) is 12.1 Å². The quantitative estimate of drug-likeness (QED) is 0.417. The molecule has 0 unspecified atom stereocenters. The smallest absolute Gasteiger partial charge is 0.258 e. The van der Waals surface area contributed by atoms with Crippen molar-refractivity contribution in [2.75, 3.05) is 0 Å². The van der Waals surface area contributed by atoms with Crippen LogP contribution in [-0.4, -0.2) is 4.92 Å². The third-order valence-electron chi connectivity index (χ3n) is 2.15. The Morgan fingerprint density at radius 3 is 2.79 bits per heavy atom. The van der Waals surface area contributed by atoms with Gasteiger partial charge in [0.15, 0.2) is 0 Å². The van der Waals surface area contributed by atoms with Crippen LogP contribution in [0.2, 0.25) is 0 Å².